The summed E-state index contributed by atoms with van der Waals surface area (Å²) in [5.41, 5.74) is 1.91. The largest absolute Gasteiger partial charge is 0.370 e. The molecule has 2 aromatic rings. The van der Waals surface area contributed by atoms with Gasteiger partial charge in [-0.1, -0.05) is 11.6 Å². The number of ketones is 1. The Balaban J connectivity index is 1.63. The summed E-state index contributed by atoms with van der Waals surface area (Å²) in [6, 6.07) is 10.0. The molecule has 7 heteroatoms. The lowest BCUT2D eigenvalue weighted by atomic mass is 10.1. The summed E-state index contributed by atoms with van der Waals surface area (Å²) in [5, 5.41) is 12.0. The summed E-state index contributed by atoms with van der Waals surface area (Å²) in [7, 11) is 0. The Labute approximate surface area is 150 Å². The van der Waals surface area contributed by atoms with Crippen LogP contribution in [0.1, 0.15) is 28.9 Å². The number of nitrogens with zero attached hydrogens (tertiary/aromatic N) is 3. The zero-order valence-corrected chi connectivity index (χ0v) is 14.1. The van der Waals surface area contributed by atoms with Gasteiger partial charge in [-0.15, -0.1) is 0 Å². The molecule has 1 aromatic heterocycles. The normalized spacial score (nSPS) is 12.9. The van der Waals surface area contributed by atoms with Gasteiger partial charge in [0.1, 0.15) is 11.8 Å². The highest BCUT2D eigenvalue weighted by molar-refractivity contribution is 6.33. The minimum absolute atomic E-state index is 0.139. The van der Waals surface area contributed by atoms with Crippen molar-refractivity contribution in [2.24, 2.45) is 0 Å². The molecule has 0 bridgehead atoms. The van der Waals surface area contributed by atoms with Gasteiger partial charge in [-0.2, -0.15) is 5.26 Å². The molecule has 126 valence electrons. The molecular formula is C18H15ClN4O2. The van der Waals surface area contributed by atoms with Crippen LogP contribution in [0.3, 0.4) is 0 Å². The molecular weight excluding hydrogens is 340 g/mol. The summed E-state index contributed by atoms with van der Waals surface area (Å²) >= 11 is 6.26. The van der Waals surface area contributed by atoms with E-state index < -0.39 is 5.91 Å². The van der Waals surface area contributed by atoms with E-state index in [1.54, 1.807) is 12.1 Å². The molecule has 1 aliphatic heterocycles. The van der Waals surface area contributed by atoms with Gasteiger partial charge < -0.3 is 10.2 Å². The number of hydrogen-bond donors (Lipinski definition) is 1. The monoisotopic (exact) mass is 354 g/mol. The van der Waals surface area contributed by atoms with Crippen molar-refractivity contribution in [3.05, 3.63) is 52.8 Å². The smallest absolute Gasteiger partial charge is 0.232 e. The van der Waals surface area contributed by atoms with Gasteiger partial charge >= 0.3 is 0 Å². The number of anilines is 2. The first-order valence-corrected chi connectivity index (χ1v) is 8.18. The zero-order valence-electron chi connectivity index (χ0n) is 13.3. The molecule has 1 amide bonds. The Morgan fingerprint density at radius 2 is 2.08 bits per heavy atom. The van der Waals surface area contributed by atoms with Crippen molar-refractivity contribution in [2.45, 2.75) is 12.8 Å². The molecule has 0 spiro atoms. The average Bonchev–Trinajstić information content (AvgIpc) is 2.55. The van der Waals surface area contributed by atoms with Gasteiger partial charge in [0.15, 0.2) is 5.78 Å². The van der Waals surface area contributed by atoms with Gasteiger partial charge in [0.05, 0.1) is 17.1 Å². The molecule has 0 saturated carbocycles. The van der Waals surface area contributed by atoms with E-state index in [2.05, 4.69) is 15.2 Å². The fourth-order valence-corrected chi connectivity index (χ4v) is 2.82. The first-order valence-electron chi connectivity index (χ1n) is 7.80. The number of halogens is 1. The van der Waals surface area contributed by atoms with E-state index >= 15 is 0 Å². The molecule has 6 nitrogen and oxygen atoms in total. The Kier molecular flexibility index (Phi) is 4.96. The van der Waals surface area contributed by atoms with Crippen molar-refractivity contribution in [1.82, 2.24) is 4.98 Å². The lowest BCUT2D eigenvalue weighted by Crippen LogP contribution is -2.37. The predicted molar refractivity (Wildman–Crippen MR) is 94.8 cm³/mol. The Morgan fingerprint density at radius 3 is 2.72 bits per heavy atom. The Morgan fingerprint density at radius 1 is 1.28 bits per heavy atom. The van der Waals surface area contributed by atoms with Crippen LogP contribution in [-0.4, -0.2) is 29.8 Å². The Bertz CT molecular complexity index is 872. The molecule has 0 aliphatic carbocycles. The third-order valence-electron chi connectivity index (χ3n) is 3.95. The molecule has 25 heavy (non-hydrogen) atoms. The number of nitriles is 1. The molecule has 0 unspecified atom stereocenters. The molecule has 1 aliphatic rings. The SMILES string of the molecule is N#Cc1cc(C(=O)CC(=O)Nc2ccc(N3CCC3)c(Cl)c2)ccn1. The van der Waals surface area contributed by atoms with Crippen molar-refractivity contribution in [3.63, 3.8) is 0 Å². The standard InChI is InChI=1S/C18H15ClN4O2/c19-15-9-13(2-3-16(15)23-6-1-7-23)22-18(25)10-17(24)12-4-5-21-14(8-12)11-20/h2-5,8-9H,1,6-7,10H2,(H,22,25). The number of nitrogens with one attached hydrogen (secondary N) is 1. The van der Waals surface area contributed by atoms with E-state index in [1.165, 1.54) is 18.3 Å². The predicted octanol–water partition coefficient (Wildman–Crippen LogP) is 3.03. The molecule has 1 aromatic carbocycles. The maximum absolute atomic E-state index is 12.1. The summed E-state index contributed by atoms with van der Waals surface area (Å²) in [6.07, 6.45) is 2.21. The highest BCUT2D eigenvalue weighted by Gasteiger charge is 2.18. The fourth-order valence-electron chi connectivity index (χ4n) is 2.52. The fraction of sp³-hybridized carbons (Fsp3) is 0.222. The number of Topliss-reactive ketones (excluding diaryl/α,β-unsaturated/α-hetero) is 1. The second-order valence-corrected chi connectivity index (χ2v) is 6.10. The average molecular weight is 355 g/mol. The second-order valence-electron chi connectivity index (χ2n) is 5.70. The van der Waals surface area contributed by atoms with E-state index in [4.69, 9.17) is 16.9 Å². The third kappa shape index (κ3) is 3.95. The van der Waals surface area contributed by atoms with Gasteiger partial charge in [0.2, 0.25) is 5.91 Å². The second kappa shape index (κ2) is 7.32. The van der Waals surface area contributed by atoms with Crippen molar-refractivity contribution in [3.8, 4) is 6.07 Å². The number of benzene rings is 1. The number of carbonyl (C=O) groups is 2. The van der Waals surface area contributed by atoms with Crippen molar-refractivity contribution < 1.29 is 9.59 Å². The van der Waals surface area contributed by atoms with E-state index in [1.807, 2.05) is 12.1 Å². The number of pyridine rings is 1. The minimum atomic E-state index is -0.437. The molecule has 1 fully saturated rings. The maximum Gasteiger partial charge on any atom is 0.232 e. The Hall–Kier alpha value is -2.91. The maximum atomic E-state index is 12.1. The third-order valence-corrected chi connectivity index (χ3v) is 4.25. The van der Waals surface area contributed by atoms with Crippen molar-refractivity contribution in [1.29, 1.82) is 5.26 Å². The molecule has 0 radical (unpaired) electrons. The summed E-state index contributed by atoms with van der Waals surface area (Å²) in [5.74, 6) is -0.812. The minimum Gasteiger partial charge on any atom is -0.370 e. The highest BCUT2D eigenvalue weighted by atomic mass is 35.5. The zero-order chi connectivity index (χ0) is 17.8. The molecule has 1 N–H and O–H groups in total. The van der Waals surface area contributed by atoms with E-state index in [-0.39, 0.29) is 23.5 Å². The van der Waals surface area contributed by atoms with Crippen LogP contribution in [0.15, 0.2) is 36.5 Å². The summed E-state index contributed by atoms with van der Waals surface area (Å²) < 4.78 is 0. The van der Waals surface area contributed by atoms with Crippen LogP contribution < -0.4 is 10.2 Å². The van der Waals surface area contributed by atoms with Crippen LogP contribution in [-0.2, 0) is 4.79 Å². The summed E-state index contributed by atoms with van der Waals surface area (Å²) in [6.45, 7) is 1.97. The van der Waals surface area contributed by atoms with Gasteiger partial charge in [-0.05, 0) is 36.8 Å². The van der Waals surface area contributed by atoms with Gasteiger partial charge in [0, 0.05) is 30.5 Å². The van der Waals surface area contributed by atoms with Crippen molar-refractivity contribution in [2.75, 3.05) is 23.3 Å². The van der Waals surface area contributed by atoms with Crippen LogP contribution >= 0.6 is 11.6 Å². The molecule has 2 heterocycles. The topological polar surface area (TPSA) is 86.1 Å². The van der Waals surface area contributed by atoms with E-state index in [0.717, 1.165) is 25.2 Å². The van der Waals surface area contributed by atoms with Crippen LogP contribution in [0.25, 0.3) is 0 Å². The lowest BCUT2D eigenvalue weighted by Gasteiger charge is -2.33. The van der Waals surface area contributed by atoms with Gasteiger partial charge in [-0.25, -0.2) is 4.98 Å². The number of rotatable bonds is 5. The van der Waals surface area contributed by atoms with Crippen LogP contribution in [0.4, 0.5) is 11.4 Å². The number of amides is 1. The quantitative estimate of drug-likeness (QED) is 0.658. The number of hydrogen-bond acceptors (Lipinski definition) is 5. The van der Waals surface area contributed by atoms with Gasteiger partial charge in [0.25, 0.3) is 0 Å². The first kappa shape index (κ1) is 16.9. The highest BCUT2D eigenvalue weighted by Crippen LogP contribution is 2.31. The van der Waals surface area contributed by atoms with Gasteiger partial charge in [-0.3, -0.25) is 9.59 Å². The van der Waals surface area contributed by atoms with Crippen LogP contribution in [0.2, 0.25) is 5.02 Å². The summed E-state index contributed by atoms with van der Waals surface area (Å²) in [4.78, 5) is 30.2. The van der Waals surface area contributed by atoms with E-state index in [9.17, 15) is 9.59 Å². The van der Waals surface area contributed by atoms with Crippen LogP contribution in [0, 0.1) is 11.3 Å². The number of carbonyl (C=O) groups excluding carboxylic acids is 2. The molecule has 1 saturated heterocycles. The lowest BCUT2D eigenvalue weighted by molar-refractivity contribution is -0.115. The van der Waals surface area contributed by atoms with E-state index in [0.29, 0.717) is 10.7 Å². The molecule has 0 atom stereocenters. The molecule has 3 rings (SSSR count). The van der Waals surface area contributed by atoms with Crippen LogP contribution in [0.5, 0.6) is 0 Å². The first-order chi connectivity index (χ1) is 12.1. The van der Waals surface area contributed by atoms with Crippen molar-refractivity contribution >= 4 is 34.7 Å². The number of aromatic nitrogens is 1.